The first-order chi connectivity index (χ1) is 7.66. The Bertz CT molecular complexity index is 237. The minimum Gasteiger partial charge on any atom is -0.352 e. The first-order valence-corrected chi connectivity index (χ1v) is 6.34. The normalized spacial score (nSPS) is 14.2. The molecule has 0 aliphatic heterocycles. The molecule has 0 saturated heterocycles. The van der Waals surface area contributed by atoms with Gasteiger partial charge < -0.3 is 15.5 Å². The maximum absolute atomic E-state index is 11.6. The van der Waals surface area contributed by atoms with Gasteiger partial charge >= 0.3 is 0 Å². The molecule has 4 heteroatoms. The predicted octanol–water partition coefficient (Wildman–Crippen LogP) is 1.08. The summed E-state index contributed by atoms with van der Waals surface area (Å²) >= 11 is 0. The van der Waals surface area contributed by atoms with Crippen LogP contribution in [0.15, 0.2) is 0 Å². The van der Waals surface area contributed by atoms with Crippen LogP contribution in [-0.4, -0.2) is 49.6 Å². The van der Waals surface area contributed by atoms with Gasteiger partial charge in [-0.1, -0.05) is 13.8 Å². The molecule has 1 atom stereocenters. The largest absolute Gasteiger partial charge is 0.352 e. The van der Waals surface area contributed by atoms with E-state index in [1.807, 2.05) is 21.0 Å². The number of carbonyl (C=O) groups is 1. The fourth-order valence-electron chi connectivity index (χ4n) is 1.11. The third-order valence-electron chi connectivity index (χ3n) is 3.44. The molecule has 4 nitrogen and oxygen atoms in total. The minimum absolute atomic E-state index is 0.0595. The number of likely N-dealkylation sites (N-methyl/N-ethyl adjacent to an activating group) is 1. The fraction of sp³-hybridized carbons (Fsp3) is 0.923. The molecular formula is C13H29N3O. The zero-order valence-corrected chi connectivity index (χ0v) is 12.4. The van der Waals surface area contributed by atoms with E-state index in [-0.39, 0.29) is 17.5 Å². The molecule has 0 aromatic carbocycles. The zero-order chi connectivity index (χ0) is 13.6. The Hall–Kier alpha value is -0.610. The highest BCUT2D eigenvalue weighted by Gasteiger charge is 2.20. The van der Waals surface area contributed by atoms with Crippen LogP contribution < -0.4 is 10.6 Å². The monoisotopic (exact) mass is 243 g/mol. The standard InChI is InChI=1S/C13H29N3O/c1-10(2)11(3)15-12(17)8-14-9-13(4,5)16(6)7/h10-11,14H,8-9H2,1-7H3,(H,15,17). The summed E-state index contributed by atoms with van der Waals surface area (Å²) in [5.74, 6) is 0.540. The highest BCUT2D eigenvalue weighted by atomic mass is 16.1. The smallest absolute Gasteiger partial charge is 0.234 e. The van der Waals surface area contributed by atoms with Crippen LogP contribution in [0.5, 0.6) is 0 Å². The molecule has 1 amide bonds. The fourth-order valence-corrected chi connectivity index (χ4v) is 1.11. The van der Waals surface area contributed by atoms with Crippen molar-refractivity contribution in [2.45, 2.75) is 46.2 Å². The summed E-state index contributed by atoms with van der Waals surface area (Å²) in [6, 6.07) is 0.228. The van der Waals surface area contributed by atoms with Gasteiger partial charge in [-0.3, -0.25) is 4.79 Å². The molecule has 0 bridgehead atoms. The Morgan fingerprint density at radius 2 is 1.76 bits per heavy atom. The summed E-state index contributed by atoms with van der Waals surface area (Å²) in [6.45, 7) is 11.7. The average molecular weight is 243 g/mol. The van der Waals surface area contributed by atoms with E-state index < -0.39 is 0 Å². The van der Waals surface area contributed by atoms with Crippen LogP contribution in [0.2, 0.25) is 0 Å². The Morgan fingerprint density at radius 1 is 1.24 bits per heavy atom. The third-order valence-corrected chi connectivity index (χ3v) is 3.44. The van der Waals surface area contributed by atoms with E-state index in [1.165, 1.54) is 0 Å². The van der Waals surface area contributed by atoms with E-state index in [0.717, 1.165) is 6.54 Å². The lowest BCUT2D eigenvalue weighted by Gasteiger charge is -2.32. The Labute approximate surface area is 106 Å². The third kappa shape index (κ3) is 6.64. The van der Waals surface area contributed by atoms with Gasteiger partial charge in [0.15, 0.2) is 0 Å². The van der Waals surface area contributed by atoms with Gasteiger partial charge in [0.25, 0.3) is 0 Å². The molecule has 0 spiro atoms. The lowest BCUT2D eigenvalue weighted by atomic mass is 10.0. The second kappa shape index (κ2) is 6.97. The summed E-state index contributed by atoms with van der Waals surface area (Å²) < 4.78 is 0. The van der Waals surface area contributed by atoms with Gasteiger partial charge in [0, 0.05) is 18.1 Å². The molecular weight excluding hydrogens is 214 g/mol. The van der Waals surface area contributed by atoms with Crippen LogP contribution >= 0.6 is 0 Å². The van der Waals surface area contributed by atoms with Gasteiger partial charge in [-0.25, -0.2) is 0 Å². The summed E-state index contributed by atoms with van der Waals surface area (Å²) in [6.07, 6.45) is 0. The van der Waals surface area contributed by atoms with Crippen molar-refractivity contribution in [3.8, 4) is 0 Å². The molecule has 1 unspecified atom stereocenters. The minimum atomic E-state index is 0.0595. The molecule has 0 rings (SSSR count). The van der Waals surface area contributed by atoms with Crippen molar-refractivity contribution in [3.63, 3.8) is 0 Å². The van der Waals surface area contributed by atoms with E-state index in [4.69, 9.17) is 0 Å². The van der Waals surface area contributed by atoms with Crippen molar-refractivity contribution in [2.75, 3.05) is 27.2 Å². The number of carbonyl (C=O) groups excluding carboxylic acids is 1. The van der Waals surface area contributed by atoms with Gasteiger partial charge in [-0.05, 0) is 40.8 Å². The average Bonchev–Trinajstić information content (AvgIpc) is 2.16. The zero-order valence-electron chi connectivity index (χ0n) is 12.4. The number of hydrogen-bond donors (Lipinski definition) is 2. The molecule has 0 aromatic heterocycles. The predicted molar refractivity (Wildman–Crippen MR) is 73.1 cm³/mol. The summed E-state index contributed by atoms with van der Waals surface area (Å²) in [7, 11) is 4.09. The van der Waals surface area contributed by atoms with Crippen LogP contribution in [0.1, 0.15) is 34.6 Å². The maximum Gasteiger partial charge on any atom is 0.234 e. The maximum atomic E-state index is 11.6. The lowest BCUT2D eigenvalue weighted by Crippen LogP contribution is -2.49. The summed E-state index contributed by atoms with van der Waals surface area (Å²) in [5.41, 5.74) is 0.0595. The first-order valence-electron chi connectivity index (χ1n) is 6.34. The molecule has 0 aliphatic carbocycles. The SMILES string of the molecule is CC(C)C(C)NC(=O)CNCC(C)(C)N(C)C. The van der Waals surface area contributed by atoms with Crippen molar-refractivity contribution in [1.29, 1.82) is 0 Å². The second-order valence-electron chi connectivity index (χ2n) is 5.91. The number of rotatable bonds is 7. The van der Waals surface area contributed by atoms with Crippen LogP contribution in [0.4, 0.5) is 0 Å². The van der Waals surface area contributed by atoms with Gasteiger partial charge in [0.1, 0.15) is 0 Å². The van der Waals surface area contributed by atoms with Crippen molar-refractivity contribution < 1.29 is 4.79 Å². The number of hydrogen-bond acceptors (Lipinski definition) is 3. The summed E-state index contributed by atoms with van der Waals surface area (Å²) in [5, 5.41) is 6.18. The molecule has 0 saturated carbocycles. The first kappa shape index (κ1) is 16.4. The molecule has 0 aromatic rings. The molecule has 102 valence electrons. The van der Waals surface area contributed by atoms with Crippen molar-refractivity contribution in [3.05, 3.63) is 0 Å². The molecule has 0 fully saturated rings. The Kier molecular flexibility index (Phi) is 6.72. The molecule has 0 heterocycles. The van der Waals surface area contributed by atoms with E-state index >= 15 is 0 Å². The van der Waals surface area contributed by atoms with E-state index in [2.05, 4.69) is 43.2 Å². The van der Waals surface area contributed by atoms with Crippen molar-refractivity contribution >= 4 is 5.91 Å². The second-order valence-corrected chi connectivity index (χ2v) is 5.91. The molecule has 17 heavy (non-hydrogen) atoms. The van der Waals surface area contributed by atoms with Gasteiger partial charge in [-0.2, -0.15) is 0 Å². The molecule has 0 aliphatic rings. The molecule has 0 radical (unpaired) electrons. The van der Waals surface area contributed by atoms with E-state index in [0.29, 0.717) is 12.5 Å². The van der Waals surface area contributed by atoms with Gasteiger partial charge in [-0.15, -0.1) is 0 Å². The highest BCUT2D eigenvalue weighted by Crippen LogP contribution is 2.07. The van der Waals surface area contributed by atoms with Crippen molar-refractivity contribution in [1.82, 2.24) is 15.5 Å². The number of nitrogens with one attached hydrogen (secondary N) is 2. The topological polar surface area (TPSA) is 44.4 Å². The van der Waals surface area contributed by atoms with Crippen LogP contribution in [0.3, 0.4) is 0 Å². The Balaban J connectivity index is 3.87. The van der Waals surface area contributed by atoms with Crippen LogP contribution in [0, 0.1) is 5.92 Å². The number of nitrogens with zero attached hydrogens (tertiary/aromatic N) is 1. The number of amides is 1. The Morgan fingerprint density at radius 3 is 2.18 bits per heavy atom. The van der Waals surface area contributed by atoms with Crippen LogP contribution in [0.25, 0.3) is 0 Å². The van der Waals surface area contributed by atoms with E-state index in [1.54, 1.807) is 0 Å². The quantitative estimate of drug-likeness (QED) is 0.703. The van der Waals surface area contributed by atoms with Gasteiger partial charge in [0.2, 0.25) is 5.91 Å². The van der Waals surface area contributed by atoms with E-state index in [9.17, 15) is 4.79 Å². The van der Waals surface area contributed by atoms with Crippen molar-refractivity contribution in [2.24, 2.45) is 5.92 Å². The van der Waals surface area contributed by atoms with Crippen LogP contribution in [-0.2, 0) is 4.79 Å². The summed E-state index contributed by atoms with van der Waals surface area (Å²) in [4.78, 5) is 13.8. The van der Waals surface area contributed by atoms with Gasteiger partial charge in [0.05, 0.1) is 6.54 Å². The highest BCUT2D eigenvalue weighted by molar-refractivity contribution is 5.78. The lowest BCUT2D eigenvalue weighted by molar-refractivity contribution is -0.121. The molecule has 2 N–H and O–H groups in total.